The van der Waals surface area contributed by atoms with Gasteiger partial charge in [0.2, 0.25) is 29.5 Å². The molecular weight excluding hydrogens is 1450 g/mol. The van der Waals surface area contributed by atoms with Crippen molar-refractivity contribution >= 4 is 70.2 Å². The van der Waals surface area contributed by atoms with Crippen LogP contribution in [-0.4, -0.2) is 174 Å². The summed E-state index contributed by atoms with van der Waals surface area (Å²) in [4.78, 5) is 131. The summed E-state index contributed by atoms with van der Waals surface area (Å²) in [5.74, 6) is -2.03. The van der Waals surface area contributed by atoms with Gasteiger partial charge < -0.3 is 75.2 Å². The number of rotatable bonds is 31. The van der Waals surface area contributed by atoms with Gasteiger partial charge in [0, 0.05) is 73.3 Å². The quantitative estimate of drug-likeness (QED) is 0.0220. The first-order valence-electron chi connectivity index (χ1n) is 38.7. The largest absolute Gasteiger partial charge is 0.497 e. The van der Waals surface area contributed by atoms with E-state index in [0.717, 1.165) is 75.4 Å². The molecule has 113 heavy (non-hydrogen) atoms. The van der Waals surface area contributed by atoms with Crippen LogP contribution in [0, 0.1) is 11.3 Å². The minimum Gasteiger partial charge on any atom is -0.497 e. The monoisotopic (exact) mass is 1540 g/mol. The van der Waals surface area contributed by atoms with E-state index in [1.54, 1.807) is 61.1 Å². The van der Waals surface area contributed by atoms with Gasteiger partial charge >= 0.3 is 6.09 Å². The molecule has 1 aliphatic carbocycles. The minimum absolute atomic E-state index is 0.000691. The molecule has 594 valence electrons. The van der Waals surface area contributed by atoms with Gasteiger partial charge in [0.15, 0.2) is 35.0 Å². The summed E-state index contributed by atoms with van der Waals surface area (Å²) in [6.45, 7) is 7.53. The molecule has 7 N–H and O–H groups in total. The highest BCUT2D eigenvalue weighted by atomic mass is 16.6. The van der Waals surface area contributed by atoms with E-state index in [0.29, 0.717) is 84.8 Å². The Morgan fingerprint density at radius 3 is 2.06 bits per heavy atom. The van der Waals surface area contributed by atoms with Gasteiger partial charge in [-0.3, -0.25) is 38.4 Å². The second-order valence-corrected chi connectivity index (χ2v) is 30.4. The van der Waals surface area contributed by atoms with E-state index in [9.17, 15) is 48.3 Å². The molecule has 6 aliphatic rings. The number of carbonyl (C=O) groups is 9. The van der Waals surface area contributed by atoms with Crippen molar-refractivity contribution in [3.05, 3.63) is 166 Å². The third-order valence-corrected chi connectivity index (χ3v) is 22.0. The number of amides is 8. The summed E-state index contributed by atoms with van der Waals surface area (Å²) < 4.78 is 37.4. The SMILES string of the molecule is COc1ccc(C2=CN3C(=O)c4cc(OC)c(OCCCOc5cc6c(cc5OC)C(=O)N5CC7(CC7)C[C@H]5C(O)N6C(=O)OCc5ccc(CC(=O)[C@H](CCCCN)NC(=O)[C@@H](NC(=O)CNC(=O)CNC(=O)CCC(=O)N6Cc7ccccc7-c7c(nnn7C(C)C)-c7ccccc76)C(C)C)cc5)cc4CC[C@@H]3C2)cc1. The highest BCUT2D eigenvalue weighted by Crippen LogP contribution is 2.57. The van der Waals surface area contributed by atoms with Crippen molar-refractivity contribution in [3.8, 4) is 51.3 Å². The van der Waals surface area contributed by atoms with E-state index in [1.807, 2.05) is 108 Å². The van der Waals surface area contributed by atoms with E-state index in [1.165, 1.54) is 26.4 Å². The number of ether oxygens (including phenoxy) is 6. The lowest BCUT2D eigenvalue weighted by Gasteiger charge is -2.31. The molecule has 1 saturated carbocycles. The molecule has 5 aliphatic heterocycles. The molecule has 1 aromatic heterocycles. The van der Waals surface area contributed by atoms with E-state index < -0.39 is 73.1 Å². The third-order valence-electron chi connectivity index (χ3n) is 22.0. The van der Waals surface area contributed by atoms with Crippen LogP contribution in [0.15, 0.2) is 128 Å². The molecule has 2 fully saturated rings. The topological polar surface area (TPSA) is 347 Å². The zero-order chi connectivity index (χ0) is 79.8. The van der Waals surface area contributed by atoms with E-state index in [2.05, 4.69) is 31.6 Å². The zero-order valence-electron chi connectivity index (χ0n) is 64.8. The normalized spacial score (nSPS) is 17.4. The first kappa shape index (κ1) is 79.4. The lowest BCUT2D eigenvalue weighted by molar-refractivity contribution is -0.132. The van der Waals surface area contributed by atoms with Crippen LogP contribution in [0.1, 0.15) is 153 Å². The van der Waals surface area contributed by atoms with Crippen LogP contribution < -0.4 is 60.5 Å². The number of hydrogen-bond acceptors (Lipinski definition) is 19. The van der Waals surface area contributed by atoms with Crippen molar-refractivity contribution in [2.24, 2.45) is 17.1 Å². The lowest BCUT2D eigenvalue weighted by Crippen LogP contribution is -2.55. The molecule has 6 aromatic carbocycles. The van der Waals surface area contributed by atoms with E-state index in [4.69, 9.17) is 34.2 Å². The Hall–Kier alpha value is -11.7. The zero-order valence-corrected chi connectivity index (χ0v) is 64.8. The fourth-order valence-corrected chi connectivity index (χ4v) is 15.6. The highest BCUT2D eigenvalue weighted by molar-refractivity contribution is 6.07. The van der Waals surface area contributed by atoms with Gasteiger partial charge in [-0.25, -0.2) is 14.4 Å². The summed E-state index contributed by atoms with van der Waals surface area (Å²) in [6, 6.07) is 33.7. The Balaban J connectivity index is 0.588. The van der Waals surface area contributed by atoms with Crippen molar-refractivity contribution in [1.82, 2.24) is 46.1 Å². The average molecular weight is 1540 g/mol. The molecule has 28 nitrogen and oxygen atoms in total. The fraction of sp³-hybridized carbons (Fsp3) is 0.424. The number of nitrogens with zero attached hydrogens (tertiary/aromatic N) is 7. The van der Waals surface area contributed by atoms with Gasteiger partial charge in [-0.2, -0.15) is 0 Å². The minimum atomic E-state index is -1.50. The van der Waals surface area contributed by atoms with Crippen molar-refractivity contribution in [2.75, 3.05) is 70.5 Å². The maximum absolute atomic E-state index is 14.6. The number of carbonyl (C=O) groups excluding carboxylic acids is 9. The molecule has 7 aromatic rings. The number of aryl methyl sites for hydroxylation is 1. The summed E-state index contributed by atoms with van der Waals surface area (Å²) in [6.07, 6.45) is 5.16. The molecule has 8 amide bonds. The van der Waals surface area contributed by atoms with Crippen LogP contribution in [0.4, 0.5) is 16.2 Å². The number of aliphatic hydroxyl groups is 1. The maximum Gasteiger partial charge on any atom is 0.416 e. The molecule has 13 rings (SSSR count). The van der Waals surface area contributed by atoms with Gasteiger partial charge in [-0.05, 0) is 159 Å². The number of aliphatic hydroxyl groups excluding tert-OH is 1. The van der Waals surface area contributed by atoms with Crippen molar-refractivity contribution < 1.29 is 76.7 Å². The summed E-state index contributed by atoms with van der Waals surface area (Å²) in [7, 11) is 4.61. The highest BCUT2D eigenvalue weighted by Gasteiger charge is 2.58. The van der Waals surface area contributed by atoms with E-state index in [-0.39, 0.29) is 116 Å². The van der Waals surface area contributed by atoms with E-state index >= 15 is 0 Å². The van der Waals surface area contributed by atoms with Gasteiger partial charge in [0.1, 0.15) is 24.1 Å². The molecule has 1 spiro atoms. The third kappa shape index (κ3) is 17.7. The van der Waals surface area contributed by atoms with Gasteiger partial charge in [0.25, 0.3) is 11.8 Å². The van der Waals surface area contributed by atoms with Crippen LogP contribution in [0.3, 0.4) is 0 Å². The summed E-state index contributed by atoms with van der Waals surface area (Å²) >= 11 is 0. The number of methoxy groups -OCH3 is 3. The molecule has 5 atom stereocenters. The molecule has 0 radical (unpaired) electrons. The Morgan fingerprint density at radius 1 is 0.681 bits per heavy atom. The number of hydrogen-bond donors (Lipinski definition) is 6. The number of unbranched alkanes of at least 4 members (excludes halogenated alkanes) is 1. The second-order valence-electron chi connectivity index (χ2n) is 30.4. The lowest BCUT2D eigenvalue weighted by atomic mass is 9.95. The number of ketones is 1. The molecule has 28 heteroatoms. The predicted molar refractivity (Wildman–Crippen MR) is 420 cm³/mol. The number of nitrogens with one attached hydrogen (secondary N) is 4. The van der Waals surface area contributed by atoms with Crippen molar-refractivity contribution in [3.63, 3.8) is 0 Å². The second kappa shape index (κ2) is 34.9. The average Bonchev–Trinajstić information content (AvgIpc) is 1.57. The molecule has 1 unspecified atom stereocenters. The molecule has 0 bridgehead atoms. The predicted octanol–water partition coefficient (Wildman–Crippen LogP) is 9.16. The standard InChI is InChI=1S/C85H98N12O16/c1-50(2)77(90-75(101)45-88-74(100)44-87-73(99)30-31-76(102)94-46-56-15-8-9-16-60(56)79-78(91-92-97(79)51(3)4)61-17-10-11-19-65(61)94)80(103)89-64(18-12-13-34-86)68(98)37-52-20-22-53(23-21-52)48-113-84(107)96-66-42-72(70(110-7)41-63(66)82(105)95-49-85(32-33-85)43-67(95)83(96)106)112-36-14-35-111-71-39-55-24-27-58-38-57(54-25-28-59(108-5)29-26-54)47-93(58)81(104)62(55)40-69(71)109-6/h8-11,15-17,19-23,25-26,28-29,39-42,47,50-51,58,64,67,77,83,106H,12-14,18,24,27,30-38,43-46,48-49,86H2,1-7H3,(H,87,99)(H,88,100)(H,89,103)(H,90,101)/t58-,64+,67+,77+,83?/m1/s1. The molecule has 1 saturated heterocycles. The Labute approximate surface area is 656 Å². The van der Waals surface area contributed by atoms with Crippen LogP contribution in [0.2, 0.25) is 0 Å². The van der Waals surface area contributed by atoms with Crippen LogP contribution >= 0.6 is 0 Å². The van der Waals surface area contributed by atoms with Crippen molar-refractivity contribution in [1.29, 1.82) is 0 Å². The number of nitrogens with two attached hydrogens (primary N) is 1. The number of fused-ring (bicyclic) bond motifs is 9. The van der Waals surface area contributed by atoms with Gasteiger partial charge in [0.05, 0.1) is 88.9 Å². The molecular formula is C85H98N12O16. The number of aromatic nitrogens is 3. The number of Topliss-reactive ketones (excluding diaryl/α,β-unsaturated/α-hetero) is 1. The Kier molecular flexibility index (Phi) is 24.6. The Morgan fingerprint density at radius 2 is 1.36 bits per heavy atom. The first-order valence-corrected chi connectivity index (χ1v) is 38.7. The summed E-state index contributed by atoms with van der Waals surface area (Å²) in [5, 5.41) is 31.9. The smallest absolute Gasteiger partial charge is 0.416 e. The number of benzene rings is 6. The van der Waals surface area contributed by atoms with Gasteiger partial charge in [-0.1, -0.05) is 97.9 Å². The summed E-state index contributed by atoms with van der Waals surface area (Å²) in [5.41, 5.74) is 15.1. The van der Waals surface area contributed by atoms with Crippen LogP contribution in [-0.2, 0) is 59.5 Å². The molecule has 6 heterocycles. The first-order chi connectivity index (χ1) is 54.6. The number of para-hydroxylation sites is 1. The maximum atomic E-state index is 14.6. The van der Waals surface area contributed by atoms with Crippen LogP contribution in [0.5, 0.6) is 28.7 Å². The van der Waals surface area contributed by atoms with Crippen LogP contribution in [0.25, 0.3) is 28.1 Å². The number of anilines is 2. The van der Waals surface area contributed by atoms with Gasteiger partial charge in [-0.15, -0.1) is 5.10 Å². The Bertz CT molecular complexity index is 4780. The van der Waals surface area contributed by atoms with Crippen molar-refractivity contribution in [2.45, 2.75) is 161 Å². The fourth-order valence-electron chi connectivity index (χ4n) is 15.6.